The molecule has 1 aromatic carbocycles. The average molecular weight is 231 g/mol. The van der Waals surface area contributed by atoms with Crippen LogP contribution in [0.2, 0.25) is 5.02 Å². The van der Waals surface area contributed by atoms with E-state index in [0.29, 0.717) is 16.1 Å². The third kappa shape index (κ3) is 2.93. The summed E-state index contributed by atoms with van der Waals surface area (Å²) in [6.45, 7) is 3.33. The van der Waals surface area contributed by atoms with Crippen molar-refractivity contribution in [2.45, 2.75) is 26.2 Å². The number of carboxylic acids is 1. The minimum Gasteiger partial charge on any atom is -0.481 e. The summed E-state index contributed by atoms with van der Waals surface area (Å²) >= 11 is 5.92. The van der Waals surface area contributed by atoms with Crippen LogP contribution in [0.1, 0.15) is 30.4 Å². The van der Waals surface area contributed by atoms with Crippen molar-refractivity contribution in [1.82, 2.24) is 0 Å². The zero-order chi connectivity index (χ0) is 11.6. The fourth-order valence-electron chi connectivity index (χ4n) is 1.41. The van der Waals surface area contributed by atoms with Crippen LogP contribution < -0.4 is 0 Å². The van der Waals surface area contributed by atoms with E-state index in [2.05, 4.69) is 0 Å². The third-order valence-corrected chi connectivity index (χ3v) is 2.62. The summed E-state index contributed by atoms with van der Waals surface area (Å²) in [7, 11) is 0. The maximum absolute atomic E-state index is 13.3. The standard InChI is InChI=1S/C11H12ClFO2/c1-6(4-11(14)15)8-5-10(13)7(2)3-9(8)12/h3,5-6H,4H2,1-2H3,(H,14,15). The van der Waals surface area contributed by atoms with Crippen molar-refractivity contribution in [3.05, 3.63) is 34.1 Å². The first-order valence-electron chi connectivity index (χ1n) is 4.59. The highest BCUT2D eigenvalue weighted by molar-refractivity contribution is 6.31. The first kappa shape index (κ1) is 12.0. The van der Waals surface area contributed by atoms with Gasteiger partial charge in [-0.3, -0.25) is 4.79 Å². The number of rotatable bonds is 3. The largest absolute Gasteiger partial charge is 0.481 e. The van der Waals surface area contributed by atoms with E-state index in [9.17, 15) is 9.18 Å². The molecule has 0 aliphatic heterocycles. The molecule has 0 aromatic heterocycles. The Hall–Kier alpha value is -1.09. The molecule has 0 amide bonds. The maximum Gasteiger partial charge on any atom is 0.303 e. The van der Waals surface area contributed by atoms with Crippen molar-refractivity contribution < 1.29 is 14.3 Å². The normalized spacial score (nSPS) is 12.5. The van der Waals surface area contributed by atoms with Crippen molar-refractivity contribution in [1.29, 1.82) is 0 Å². The fourth-order valence-corrected chi connectivity index (χ4v) is 1.82. The second-order valence-electron chi connectivity index (χ2n) is 3.62. The molecule has 0 heterocycles. The molecule has 0 bridgehead atoms. The Morgan fingerprint density at radius 1 is 1.60 bits per heavy atom. The molecule has 1 N–H and O–H groups in total. The van der Waals surface area contributed by atoms with Gasteiger partial charge >= 0.3 is 5.97 Å². The number of aliphatic carboxylic acids is 1. The van der Waals surface area contributed by atoms with Crippen LogP contribution in [0.5, 0.6) is 0 Å². The predicted molar refractivity (Wildman–Crippen MR) is 56.8 cm³/mol. The van der Waals surface area contributed by atoms with E-state index in [1.54, 1.807) is 13.8 Å². The van der Waals surface area contributed by atoms with Crippen LogP contribution in [-0.4, -0.2) is 11.1 Å². The molecule has 2 nitrogen and oxygen atoms in total. The van der Waals surface area contributed by atoms with Crippen molar-refractivity contribution in [2.75, 3.05) is 0 Å². The Bertz CT molecular complexity index is 390. The average Bonchev–Trinajstić information content (AvgIpc) is 2.09. The van der Waals surface area contributed by atoms with Crippen molar-refractivity contribution in [3.63, 3.8) is 0 Å². The summed E-state index contributed by atoms with van der Waals surface area (Å²) in [5.74, 6) is -1.56. The van der Waals surface area contributed by atoms with Gasteiger partial charge in [0.15, 0.2) is 0 Å². The van der Waals surface area contributed by atoms with E-state index in [-0.39, 0.29) is 18.2 Å². The van der Waals surface area contributed by atoms with Crippen LogP contribution in [0.25, 0.3) is 0 Å². The molecule has 1 aromatic rings. The number of benzene rings is 1. The fraction of sp³-hybridized carbons (Fsp3) is 0.364. The van der Waals surface area contributed by atoms with Gasteiger partial charge in [-0.25, -0.2) is 4.39 Å². The number of carboxylic acid groups (broad SMARTS) is 1. The zero-order valence-corrected chi connectivity index (χ0v) is 9.31. The number of halogens is 2. The third-order valence-electron chi connectivity index (χ3n) is 2.29. The van der Waals surface area contributed by atoms with E-state index in [1.807, 2.05) is 0 Å². The van der Waals surface area contributed by atoms with Crippen LogP contribution in [-0.2, 0) is 4.79 Å². The van der Waals surface area contributed by atoms with Crippen molar-refractivity contribution in [2.24, 2.45) is 0 Å². The van der Waals surface area contributed by atoms with Crippen LogP contribution in [0.15, 0.2) is 12.1 Å². The molecule has 0 aliphatic carbocycles. The Morgan fingerprint density at radius 3 is 2.73 bits per heavy atom. The number of hydrogen-bond acceptors (Lipinski definition) is 1. The molecule has 1 atom stereocenters. The summed E-state index contributed by atoms with van der Waals surface area (Å²) in [6.07, 6.45) is -0.0534. The first-order valence-corrected chi connectivity index (χ1v) is 4.97. The van der Waals surface area contributed by atoms with Gasteiger partial charge in [0.1, 0.15) is 5.82 Å². The number of aryl methyl sites for hydroxylation is 1. The monoisotopic (exact) mass is 230 g/mol. The highest BCUT2D eigenvalue weighted by atomic mass is 35.5. The molecular formula is C11H12ClFO2. The van der Waals surface area contributed by atoms with Gasteiger partial charge in [-0.05, 0) is 36.1 Å². The van der Waals surface area contributed by atoms with Crippen molar-refractivity contribution >= 4 is 17.6 Å². The highest BCUT2D eigenvalue weighted by Gasteiger charge is 2.15. The van der Waals surface area contributed by atoms with Gasteiger partial charge in [0.25, 0.3) is 0 Å². The van der Waals surface area contributed by atoms with Gasteiger partial charge in [0, 0.05) is 5.02 Å². The summed E-state index contributed by atoms with van der Waals surface area (Å²) in [5.41, 5.74) is 1.01. The Balaban J connectivity index is 3.03. The smallest absolute Gasteiger partial charge is 0.303 e. The Kier molecular flexibility index (Phi) is 3.69. The maximum atomic E-state index is 13.3. The molecule has 0 fully saturated rings. The minimum absolute atomic E-state index is 0.0534. The van der Waals surface area contributed by atoms with Gasteiger partial charge < -0.3 is 5.11 Å². The molecule has 0 saturated carbocycles. The van der Waals surface area contributed by atoms with Crippen LogP contribution in [0.3, 0.4) is 0 Å². The van der Waals surface area contributed by atoms with E-state index < -0.39 is 5.97 Å². The molecule has 1 rings (SSSR count). The Labute approximate surface area is 92.7 Å². The summed E-state index contributed by atoms with van der Waals surface area (Å²) in [5, 5.41) is 9.04. The molecule has 82 valence electrons. The molecule has 0 aliphatic rings. The molecule has 0 saturated heterocycles. The lowest BCUT2D eigenvalue weighted by Gasteiger charge is -2.12. The molecule has 1 unspecified atom stereocenters. The van der Waals surface area contributed by atoms with Crippen LogP contribution in [0.4, 0.5) is 4.39 Å². The second-order valence-corrected chi connectivity index (χ2v) is 4.03. The van der Waals surface area contributed by atoms with Crippen molar-refractivity contribution in [3.8, 4) is 0 Å². The first-order chi connectivity index (χ1) is 6.91. The van der Waals surface area contributed by atoms with Crippen LogP contribution >= 0.6 is 11.6 Å². The topological polar surface area (TPSA) is 37.3 Å². The van der Waals surface area contributed by atoms with Gasteiger partial charge in [0.2, 0.25) is 0 Å². The van der Waals surface area contributed by atoms with Gasteiger partial charge in [0.05, 0.1) is 6.42 Å². The summed E-state index contributed by atoms with van der Waals surface area (Å²) in [4.78, 5) is 10.5. The number of hydrogen-bond donors (Lipinski definition) is 1. The summed E-state index contributed by atoms with van der Waals surface area (Å²) in [6, 6.07) is 2.83. The predicted octanol–water partition coefficient (Wildman–Crippen LogP) is 3.37. The second kappa shape index (κ2) is 4.62. The Morgan fingerprint density at radius 2 is 2.20 bits per heavy atom. The molecular weight excluding hydrogens is 219 g/mol. The van der Waals surface area contributed by atoms with Crippen LogP contribution in [0, 0.1) is 12.7 Å². The quantitative estimate of drug-likeness (QED) is 0.865. The lowest BCUT2D eigenvalue weighted by molar-refractivity contribution is -0.137. The van der Waals surface area contributed by atoms with Gasteiger partial charge in [-0.15, -0.1) is 0 Å². The van der Waals surface area contributed by atoms with E-state index in [0.717, 1.165) is 0 Å². The molecule has 15 heavy (non-hydrogen) atoms. The molecule has 0 spiro atoms. The van der Waals surface area contributed by atoms with E-state index in [4.69, 9.17) is 16.7 Å². The minimum atomic E-state index is -0.917. The SMILES string of the molecule is Cc1cc(Cl)c(C(C)CC(=O)O)cc1F. The zero-order valence-electron chi connectivity index (χ0n) is 8.55. The molecule has 4 heteroatoms. The van der Waals surface area contributed by atoms with E-state index in [1.165, 1.54) is 12.1 Å². The summed E-state index contributed by atoms with van der Waals surface area (Å²) < 4.78 is 13.3. The molecule has 0 radical (unpaired) electrons. The highest BCUT2D eigenvalue weighted by Crippen LogP contribution is 2.29. The van der Waals surface area contributed by atoms with Gasteiger partial charge in [-0.2, -0.15) is 0 Å². The number of carbonyl (C=O) groups is 1. The van der Waals surface area contributed by atoms with Gasteiger partial charge in [-0.1, -0.05) is 18.5 Å². The van der Waals surface area contributed by atoms with E-state index >= 15 is 0 Å². The lowest BCUT2D eigenvalue weighted by atomic mass is 9.96. The lowest BCUT2D eigenvalue weighted by Crippen LogP contribution is -2.04.